The molecule has 0 unspecified atom stereocenters. The molecule has 1 aromatic rings. The lowest BCUT2D eigenvalue weighted by Gasteiger charge is -2.03. The first kappa shape index (κ1) is 12.2. The molecule has 1 rings (SSSR count). The van der Waals surface area contributed by atoms with Gasteiger partial charge in [-0.15, -0.1) is 11.3 Å². The second-order valence-corrected chi connectivity index (χ2v) is 4.42. The van der Waals surface area contributed by atoms with Crippen LogP contribution in [0.25, 0.3) is 0 Å². The molecule has 6 heteroatoms. The summed E-state index contributed by atoms with van der Waals surface area (Å²) in [7, 11) is 1.30. The van der Waals surface area contributed by atoms with Crippen molar-refractivity contribution >= 4 is 44.1 Å². The molecule has 1 aromatic heterocycles. The Labute approximate surface area is 99.8 Å². The van der Waals surface area contributed by atoms with Gasteiger partial charge >= 0.3 is 5.97 Å². The van der Waals surface area contributed by atoms with Gasteiger partial charge in [0.25, 0.3) is 0 Å². The molecule has 0 aliphatic heterocycles. The predicted octanol–water partition coefficient (Wildman–Crippen LogP) is 2.65. The number of rotatable bonds is 3. The number of hydrogen-bond donors (Lipinski definition) is 1. The normalized spacial score (nSPS) is 9.80. The maximum atomic E-state index is 11.4. The van der Waals surface area contributed by atoms with Crippen molar-refractivity contribution in [2.75, 3.05) is 12.4 Å². The van der Waals surface area contributed by atoms with E-state index in [1.165, 1.54) is 18.4 Å². The van der Waals surface area contributed by atoms with Gasteiger partial charge in [-0.05, 0) is 15.9 Å². The molecule has 0 saturated carbocycles. The van der Waals surface area contributed by atoms with Gasteiger partial charge in [0.15, 0.2) is 0 Å². The van der Waals surface area contributed by atoms with Crippen LogP contribution in [0.4, 0.5) is 5.00 Å². The van der Waals surface area contributed by atoms with E-state index in [2.05, 4.69) is 26.0 Å². The number of hydrogen-bond acceptors (Lipinski definition) is 4. The van der Waals surface area contributed by atoms with Gasteiger partial charge in [-0.25, -0.2) is 4.79 Å². The number of ether oxygens (including phenoxy) is 1. The van der Waals surface area contributed by atoms with Gasteiger partial charge < -0.3 is 10.1 Å². The molecule has 0 radical (unpaired) electrons. The SMILES string of the molecule is CCC(=O)Nc1scc(Br)c1C(=O)OC. The van der Waals surface area contributed by atoms with Gasteiger partial charge in [-0.3, -0.25) is 4.79 Å². The number of amides is 1. The number of anilines is 1. The fourth-order valence-corrected chi connectivity index (χ4v) is 2.53. The summed E-state index contributed by atoms with van der Waals surface area (Å²) in [4.78, 5) is 22.6. The van der Waals surface area contributed by atoms with Crippen LogP contribution < -0.4 is 5.32 Å². The highest BCUT2D eigenvalue weighted by Gasteiger charge is 2.19. The van der Waals surface area contributed by atoms with Crippen molar-refractivity contribution in [3.63, 3.8) is 0 Å². The summed E-state index contributed by atoms with van der Waals surface area (Å²) in [6.45, 7) is 1.75. The molecule has 1 heterocycles. The topological polar surface area (TPSA) is 55.4 Å². The van der Waals surface area contributed by atoms with Crippen molar-refractivity contribution in [3.05, 3.63) is 15.4 Å². The highest BCUT2D eigenvalue weighted by atomic mass is 79.9. The summed E-state index contributed by atoms with van der Waals surface area (Å²) in [6.07, 6.45) is 0.371. The van der Waals surface area contributed by atoms with E-state index in [9.17, 15) is 9.59 Å². The third-order valence-electron chi connectivity index (χ3n) is 1.71. The van der Waals surface area contributed by atoms with Crippen LogP contribution in [0.1, 0.15) is 23.7 Å². The number of carbonyl (C=O) groups is 2. The van der Waals surface area contributed by atoms with Crippen molar-refractivity contribution in [3.8, 4) is 0 Å². The Kier molecular flexibility index (Phi) is 4.28. The van der Waals surface area contributed by atoms with E-state index in [0.29, 0.717) is 21.5 Å². The van der Waals surface area contributed by atoms with E-state index in [4.69, 9.17) is 0 Å². The van der Waals surface area contributed by atoms with E-state index >= 15 is 0 Å². The molecule has 0 fully saturated rings. The Balaban J connectivity index is 2.98. The lowest BCUT2D eigenvalue weighted by molar-refractivity contribution is -0.115. The Bertz CT molecular complexity index is 389. The van der Waals surface area contributed by atoms with E-state index < -0.39 is 5.97 Å². The van der Waals surface area contributed by atoms with Gasteiger partial charge in [-0.2, -0.15) is 0 Å². The number of carbonyl (C=O) groups excluding carboxylic acids is 2. The Morgan fingerprint density at radius 3 is 2.80 bits per heavy atom. The molecular formula is C9H10BrNO3S. The zero-order valence-electron chi connectivity index (χ0n) is 8.30. The van der Waals surface area contributed by atoms with Crippen LogP contribution in [-0.4, -0.2) is 19.0 Å². The predicted molar refractivity (Wildman–Crippen MR) is 62.3 cm³/mol. The van der Waals surface area contributed by atoms with Crippen LogP contribution in [-0.2, 0) is 9.53 Å². The molecule has 15 heavy (non-hydrogen) atoms. The minimum absolute atomic E-state index is 0.130. The Morgan fingerprint density at radius 2 is 2.27 bits per heavy atom. The fourth-order valence-electron chi connectivity index (χ4n) is 0.936. The van der Waals surface area contributed by atoms with Crippen LogP contribution in [0.2, 0.25) is 0 Å². The summed E-state index contributed by atoms with van der Waals surface area (Å²) in [5.74, 6) is -0.593. The third kappa shape index (κ3) is 2.79. The lowest BCUT2D eigenvalue weighted by atomic mass is 10.3. The molecule has 0 aliphatic carbocycles. The zero-order chi connectivity index (χ0) is 11.4. The molecule has 1 amide bonds. The molecule has 0 bridgehead atoms. The highest BCUT2D eigenvalue weighted by Crippen LogP contribution is 2.32. The van der Waals surface area contributed by atoms with Gasteiger partial charge in [0.1, 0.15) is 10.6 Å². The number of methoxy groups -OCH3 is 1. The van der Waals surface area contributed by atoms with Crippen LogP contribution in [0.5, 0.6) is 0 Å². The highest BCUT2D eigenvalue weighted by molar-refractivity contribution is 9.10. The average molecular weight is 292 g/mol. The zero-order valence-corrected chi connectivity index (χ0v) is 10.7. The summed E-state index contributed by atoms with van der Waals surface area (Å²) < 4.78 is 5.25. The molecule has 1 N–H and O–H groups in total. The first-order valence-electron chi connectivity index (χ1n) is 4.25. The second kappa shape index (κ2) is 5.27. The van der Waals surface area contributed by atoms with E-state index in [1.807, 2.05) is 0 Å². The fraction of sp³-hybridized carbons (Fsp3) is 0.333. The van der Waals surface area contributed by atoms with Crippen LogP contribution in [0, 0.1) is 0 Å². The smallest absolute Gasteiger partial charge is 0.342 e. The van der Waals surface area contributed by atoms with Crippen molar-refractivity contribution < 1.29 is 14.3 Å². The monoisotopic (exact) mass is 291 g/mol. The van der Waals surface area contributed by atoms with Crippen molar-refractivity contribution in [2.45, 2.75) is 13.3 Å². The molecule has 0 aliphatic rings. The summed E-state index contributed by atoms with van der Waals surface area (Å²) in [5.41, 5.74) is 0.365. The summed E-state index contributed by atoms with van der Waals surface area (Å²) >= 11 is 4.51. The largest absolute Gasteiger partial charge is 0.465 e. The first-order valence-corrected chi connectivity index (χ1v) is 5.92. The number of halogens is 1. The average Bonchev–Trinajstić information content (AvgIpc) is 2.58. The molecule has 0 atom stereocenters. The molecule has 4 nitrogen and oxygen atoms in total. The number of nitrogens with one attached hydrogen (secondary N) is 1. The van der Waals surface area contributed by atoms with Crippen molar-refractivity contribution in [1.82, 2.24) is 0 Å². The van der Waals surface area contributed by atoms with Crippen LogP contribution in [0.15, 0.2) is 9.85 Å². The maximum absolute atomic E-state index is 11.4. The van der Waals surface area contributed by atoms with Gasteiger partial charge in [-0.1, -0.05) is 6.92 Å². The standard InChI is InChI=1S/C9H10BrNO3S/c1-3-6(12)11-8-7(9(13)14-2)5(10)4-15-8/h4H,3H2,1-2H3,(H,11,12). The number of thiophene rings is 1. The van der Waals surface area contributed by atoms with E-state index in [0.717, 1.165) is 0 Å². The molecule has 0 saturated heterocycles. The van der Waals surface area contributed by atoms with Crippen LogP contribution >= 0.6 is 27.3 Å². The Morgan fingerprint density at radius 1 is 1.60 bits per heavy atom. The third-order valence-corrected chi connectivity index (χ3v) is 3.53. The van der Waals surface area contributed by atoms with E-state index in [-0.39, 0.29) is 5.91 Å². The molecule has 0 spiro atoms. The first-order chi connectivity index (χ1) is 7.10. The van der Waals surface area contributed by atoms with E-state index in [1.54, 1.807) is 12.3 Å². The summed E-state index contributed by atoms with van der Waals surface area (Å²) in [6, 6.07) is 0. The molecule has 0 aromatic carbocycles. The molecular weight excluding hydrogens is 282 g/mol. The van der Waals surface area contributed by atoms with Crippen LogP contribution in [0.3, 0.4) is 0 Å². The van der Waals surface area contributed by atoms with Gasteiger partial charge in [0, 0.05) is 16.3 Å². The number of esters is 1. The minimum Gasteiger partial charge on any atom is -0.465 e. The van der Waals surface area contributed by atoms with Gasteiger partial charge in [0.2, 0.25) is 5.91 Å². The minimum atomic E-state index is -0.463. The Hall–Kier alpha value is -0.880. The maximum Gasteiger partial charge on any atom is 0.342 e. The summed E-state index contributed by atoms with van der Waals surface area (Å²) in [5, 5.41) is 4.89. The lowest BCUT2D eigenvalue weighted by Crippen LogP contribution is -2.12. The van der Waals surface area contributed by atoms with Crippen molar-refractivity contribution in [2.24, 2.45) is 0 Å². The van der Waals surface area contributed by atoms with Crippen molar-refractivity contribution in [1.29, 1.82) is 0 Å². The van der Waals surface area contributed by atoms with Gasteiger partial charge in [0.05, 0.1) is 7.11 Å². The molecule has 82 valence electrons. The second-order valence-electron chi connectivity index (χ2n) is 2.68. The quantitative estimate of drug-likeness (QED) is 0.871.